The lowest BCUT2D eigenvalue weighted by Crippen LogP contribution is -1.82. The molecule has 2 aromatic rings. The fourth-order valence-electron chi connectivity index (χ4n) is 1.07. The largest absolute Gasteiger partial charge is 0.317 e. The zero-order valence-electron chi connectivity index (χ0n) is 6.95. The lowest BCUT2D eigenvalue weighted by Gasteiger charge is -1.94. The van der Waals surface area contributed by atoms with E-state index in [1.165, 1.54) is 6.20 Å². The number of aromatic nitrogens is 2. The molecule has 70 valence electrons. The fourth-order valence-corrected chi connectivity index (χ4v) is 1.31. The number of hydrogen-bond donors (Lipinski definition) is 0. The minimum Gasteiger partial charge on any atom is -0.251 e. The summed E-state index contributed by atoms with van der Waals surface area (Å²) in [5, 5.41) is 0. The highest BCUT2D eigenvalue weighted by atomic mass is 32.2. The van der Waals surface area contributed by atoms with E-state index in [0.717, 1.165) is 0 Å². The van der Waals surface area contributed by atoms with Crippen molar-refractivity contribution in [2.75, 3.05) is 0 Å². The maximum Gasteiger partial charge on any atom is 0.317 e. The first kappa shape index (κ1) is 8.76. The molecule has 5 nitrogen and oxygen atoms in total. The Morgan fingerprint density at radius 1 is 1.14 bits per heavy atom. The Morgan fingerprint density at radius 2 is 1.86 bits per heavy atom. The zero-order valence-corrected chi connectivity index (χ0v) is 7.77. The molecule has 1 aromatic carbocycles. The van der Waals surface area contributed by atoms with E-state index in [4.69, 9.17) is 0 Å². The quantitative estimate of drug-likeness (QED) is 0.707. The van der Waals surface area contributed by atoms with Crippen molar-refractivity contribution in [2.45, 2.75) is 0 Å². The normalized spacial score (nSPS) is 10.0. The summed E-state index contributed by atoms with van der Waals surface area (Å²) in [6.45, 7) is 0. The molecule has 2 rings (SSSR count). The van der Waals surface area contributed by atoms with Crippen LogP contribution in [-0.4, -0.2) is 18.4 Å². The van der Waals surface area contributed by atoms with Crippen molar-refractivity contribution in [1.29, 1.82) is 0 Å². The maximum absolute atomic E-state index is 10.3. The smallest absolute Gasteiger partial charge is 0.251 e. The highest BCUT2D eigenvalue weighted by Crippen LogP contribution is 2.12. The van der Waals surface area contributed by atoms with Gasteiger partial charge in [0.15, 0.2) is 5.82 Å². The molecule has 0 spiro atoms. The van der Waals surface area contributed by atoms with Crippen molar-refractivity contribution < 1.29 is 8.42 Å². The van der Waals surface area contributed by atoms with Gasteiger partial charge in [0.1, 0.15) is 0 Å². The van der Waals surface area contributed by atoms with Gasteiger partial charge in [-0.15, -0.1) is 4.36 Å². The van der Waals surface area contributed by atoms with Crippen molar-refractivity contribution in [3.8, 4) is 0 Å². The Kier molecular flexibility index (Phi) is 2.19. The summed E-state index contributed by atoms with van der Waals surface area (Å²) in [6, 6.07) is 7.17. The van der Waals surface area contributed by atoms with E-state index in [2.05, 4.69) is 14.3 Å². The monoisotopic (exact) mass is 207 g/mol. The Balaban J connectivity index is 2.68. The van der Waals surface area contributed by atoms with Gasteiger partial charge in [-0.05, 0) is 12.1 Å². The Hall–Kier alpha value is -1.82. The molecule has 1 aromatic heterocycles. The first-order valence-corrected chi connectivity index (χ1v) is 4.82. The number of hydrogen-bond acceptors (Lipinski definition) is 5. The van der Waals surface area contributed by atoms with Gasteiger partial charge in [-0.1, -0.05) is 12.1 Å². The molecule has 0 aliphatic carbocycles. The summed E-state index contributed by atoms with van der Waals surface area (Å²) < 4.78 is 23.8. The van der Waals surface area contributed by atoms with E-state index in [0.29, 0.717) is 11.0 Å². The van der Waals surface area contributed by atoms with Crippen LogP contribution >= 0.6 is 0 Å². The van der Waals surface area contributed by atoms with Crippen molar-refractivity contribution in [2.24, 2.45) is 4.36 Å². The molecule has 0 bridgehead atoms. The standard InChI is InChI=1S/C8H5N3O2S/c12-14(13)11-8-5-9-6-3-1-2-4-7(6)10-8/h1-5H. The Labute approximate surface area is 81.1 Å². The molecule has 0 aliphatic heterocycles. The topological polar surface area (TPSA) is 72.3 Å². The van der Waals surface area contributed by atoms with Gasteiger partial charge < -0.3 is 0 Å². The van der Waals surface area contributed by atoms with E-state index in [9.17, 15) is 8.42 Å². The van der Waals surface area contributed by atoms with E-state index in [1.807, 2.05) is 6.07 Å². The fraction of sp³-hybridized carbons (Fsp3) is 0. The molecule has 14 heavy (non-hydrogen) atoms. The highest BCUT2D eigenvalue weighted by molar-refractivity contribution is 7.61. The first-order valence-electron chi connectivity index (χ1n) is 3.78. The van der Waals surface area contributed by atoms with Gasteiger partial charge in [-0.25, -0.2) is 4.98 Å². The van der Waals surface area contributed by atoms with Gasteiger partial charge in [0.2, 0.25) is 0 Å². The van der Waals surface area contributed by atoms with E-state index in [1.54, 1.807) is 18.2 Å². The predicted octanol–water partition coefficient (Wildman–Crippen LogP) is 1.32. The van der Waals surface area contributed by atoms with Gasteiger partial charge in [0.05, 0.1) is 17.2 Å². The molecule has 0 N–H and O–H groups in total. The zero-order chi connectivity index (χ0) is 9.97. The van der Waals surface area contributed by atoms with E-state index >= 15 is 0 Å². The van der Waals surface area contributed by atoms with Gasteiger partial charge in [-0.3, -0.25) is 4.98 Å². The van der Waals surface area contributed by atoms with Gasteiger partial charge in [-0.2, -0.15) is 8.42 Å². The molecule has 0 amide bonds. The Morgan fingerprint density at radius 3 is 2.57 bits per heavy atom. The Bertz CT molecular complexity index is 599. The summed E-state index contributed by atoms with van der Waals surface area (Å²) in [6.07, 6.45) is 1.32. The van der Waals surface area contributed by atoms with Crippen molar-refractivity contribution in [3.05, 3.63) is 30.5 Å². The second kappa shape index (κ2) is 3.51. The van der Waals surface area contributed by atoms with E-state index in [-0.39, 0.29) is 5.82 Å². The summed E-state index contributed by atoms with van der Waals surface area (Å²) in [5.41, 5.74) is 1.34. The van der Waals surface area contributed by atoms with Crippen LogP contribution in [-0.2, 0) is 10.5 Å². The minimum absolute atomic E-state index is 0.0945. The van der Waals surface area contributed by atoms with Crippen LogP contribution in [0.1, 0.15) is 0 Å². The number of para-hydroxylation sites is 2. The molecule has 6 heteroatoms. The first-order chi connectivity index (χ1) is 6.75. The van der Waals surface area contributed by atoms with Crippen LogP contribution in [0, 0.1) is 0 Å². The van der Waals surface area contributed by atoms with Crippen LogP contribution < -0.4 is 0 Å². The van der Waals surface area contributed by atoms with Crippen molar-refractivity contribution in [3.63, 3.8) is 0 Å². The van der Waals surface area contributed by atoms with Crippen LogP contribution in [0.15, 0.2) is 34.8 Å². The molecule has 0 saturated heterocycles. The summed E-state index contributed by atoms with van der Waals surface area (Å²) in [4.78, 5) is 8.00. The lowest BCUT2D eigenvalue weighted by atomic mass is 10.3. The molecule has 0 unspecified atom stereocenters. The molecular weight excluding hydrogens is 202 g/mol. The minimum atomic E-state index is -2.49. The average molecular weight is 207 g/mol. The molecule has 0 fully saturated rings. The van der Waals surface area contributed by atoms with Crippen LogP contribution in [0.3, 0.4) is 0 Å². The predicted molar refractivity (Wildman–Crippen MR) is 50.5 cm³/mol. The average Bonchev–Trinajstić information content (AvgIpc) is 2.17. The van der Waals surface area contributed by atoms with Crippen LogP contribution in [0.4, 0.5) is 5.82 Å². The molecular formula is C8H5N3O2S. The third-order valence-corrected chi connectivity index (χ3v) is 1.94. The van der Waals surface area contributed by atoms with Crippen molar-refractivity contribution >= 4 is 27.4 Å². The summed E-state index contributed by atoms with van der Waals surface area (Å²) in [7, 11) is -2.49. The highest BCUT2D eigenvalue weighted by Gasteiger charge is 1.96. The number of benzene rings is 1. The van der Waals surface area contributed by atoms with Crippen LogP contribution in [0.25, 0.3) is 11.0 Å². The molecule has 0 saturated carbocycles. The van der Waals surface area contributed by atoms with Gasteiger partial charge in [0, 0.05) is 0 Å². The van der Waals surface area contributed by atoms with E-state index < -0.39 is 10.5 Å². The summed E-state index contributed by atoms with van der Waals surface area (Å²) >= 11 is 0. The number of nitrogens with zero attached hydrogens (tertiary/aromatic N) is 3. The SMILES string of the molecule is O=S(=O)=Nc1cnc2ccccc2n1. The van der Waals surface area contributed by atoms with Gasteiger partial charge >= 0.3 is 10.5 Å². The molecule has 0 aliphatic rings. The number of rotatable bonds is 1. The molecule has 0 atom stereocenters. The maximum atomic E-state index is 10.3. The second-order valence-electron chi connectivity index (χ2n) is 2.53. The summed E-state index contributed by atoms with van der Waals surface area (Å²) in [5.74, 6) is 0.0945. The number of fused-ring (bicyclic) bond motifs is 1. The molecule has 0 radical (unpaired) electrons. The van der Waals surface area contributed by atoms with Crippen LogP contribution in [0.5, 0.6) is 0 Å². The van der Waals surface area contributed by atoms with Crippen molar-refractivity contribution in [1.82, 2.24) is 9.97 Å². The van der Waals surface area contributed by atoms with Gasteiger partial charge in [0.25, 0.3) is 0 Å². The van der Waals surface area contributed by atoms with Crippen LogP contribution in [0.2, 0.25) is 0 Å². The third-order valence-electron chi connectivity index (χ3n) is 1.60. The lowest BCUT2D eigenvalue weighted by molar-refractivity contribution is 0.622. The second-order valence-corrected chi connectivity index (χ2v) is 3.14. The third kappa shape index (κ3) is 1.74. The molecule has 1 heterocycles.